The van der Waals surface area contributed by atoms with E-state index in [1.807, 2.05) is 13.8 Å². The minimum atomic E-state index is -0.826. The van der Waals surface area contributed by atoms with E-state index in [4.69, 9.17) is 32.7 Å². The molecule has 0 aliphatic carbocycles. The highest BCUT2D eigenvalue weighted by atomic mass is 35.5. The van der Waals surface area contributed by atoms with Gasteiger partial charge in [-0.2, -0.15) is 0 Å². The second kappa shape index (κ2) is 8.99. The van der Waals surface area contributed by atoms with Gasteiger partial charge >= 0.3 is 5.97 Å². The van der Waals surface area contributed by atoms with Crippen molar-refractivity contribution < 1.29 is 19.1 Å². The summed E-state index contributed by atoms with van der Waals surface area (Å²) >= 11 is 11.8. The number of benzene rings is 1. The van der Waals surface area contributed by atoms with Crippen molar-refractivity contribution >= 4 is 35.1 Å². The first kappa shape index (κ1) is 19.6. The molecule has 1 amide bonds. The van der Waals surface area contributed by atoms with Crippen molar-refractivity contribution in [2.24, 2.45) is 5.92 Å². The Morgan fingerprint density at radius 2 is 1.87 bits per heavy atom. The van der Waals surface area contributed by atoms with Gasteiger partial charge in [-0.25, -0.2) is 4.79 Å². The van der Waals surface area contributed by atoms with Crippen molar-refractivity contribution in [3.63, 3.8) is 0 Å². The SMILES string of the molecule is COC(=O)[C@H](CC(C)C)NC(=O)[C@H](C)Oc1ccc(Cl)cc1Cl. The summed E-state index contributed by atoms with van der Waals surface area (Å²) < 4.78 is 10.2. The summed E-state index contributed by atoms with van der Waals surface area (Å²) in [6.45, 7) is 5.48. The molecule has 1 rings (SSSR count). The highest BCUT2D eigenvalue weighted by Gasteiger charge is 2.26. The van der Waals surface area contributed by atoms with Crippen LogP contribution in [0.1, 0.15) is 27.2 Å². The molecule has 1 aromatic carbocycles. The molecule has 7 heteroatoms. The van der Waals surface area contributed by atoms with Crippen LogP contribution in [0, 0.1) is 5.92 Å². The summed E-state index contributed by atoms with van der Waals surface area (Å²) in [5, 5.41) is 3.43. The smallest absolute Gasteiger partial charge is 0.328 e. The zero-order valence-electron chi connectivity index (χ0n) is 13.6. The van der Waals surface area contributed by atoms with Crippen LogP contribution in [0.3, 0.4) is 0 Å². The second-order valence-electron chi connectivity index (χ2n) is 5.55. The number of amides is 1. The quantitative estimate of drug-likeness (QED) is 0.755. The number of hydrogen-bond acceptors (Lipinski definition) is 4. The first-order valence-electron chi connectivity index (χ1n) is 7.24. The molecule has 0 heterocycles. The minimum absolute atomic E-state index is 0.223. The Hall–Kier alpha value is -1.46. The predicted octanol–water partition coefficient (Wildman–Crippen LogP) is 3.46. The van der Waals surface area contributed by atoms with Gasteiger partial charge in [0, 0.05) is 5.02 Å². The van der Waals surface area contributed by atoms with Gasteiger partial charge in [-0.15, -0.1) is 0 Å². The van der Waals surface area contributed by atoms with Gasteiger partial charge in [-0.1, -0.05) is 37.0 Å². The molecule has 0 aliphatic heterocycles. The fourth-order valence-electron chi connectivity index (χ4n) is 1.93. The number of nitrogens with one attached hydrogen (secondary N) is 1. The lowest BCUT2D eigenvalue weighted by atomic mass is 10.0. The maximum Gasteiger partial charge on any atom is 0.328 e. The van der Waals surface area contributed by atoms with Gasteiger partial charge in [0.2, 0.25) is 0 Å². The zero-order valence-corrected chi connectivity index (χ0v) is 15.1. The molecule has 0 radical (unpaired) electrons. The fourth-order valence-corrected chi connectivity index (χ4v) is 2.38. The topological polar surface area (TPSA) is 64.6 Å². The average Bonchev–Trinajstić information content (AvgIpc) is 2.47. The molecule has 0 unspecified atom stereocenters. The molecular formula is C16H21Cl2NO4. The summed E-state index contributed by atoms with van der Waals surface area (Å²) in [5.74, 6) is -0.339. The maximum atomic E-state index is 12.2. The number of carbonyl (C=O) groups excluding carboxylic acids is 2. The van der Waals surface area contributed by atoms with Crippen LogP contribution in [0.25, 0.3) is 0 Å². The molecule has 0 aromatic heterocycles. The molecule has 5 nitrogen and oxygen atoms in total. The van der Waals surface area contributed by atoms with Crippen LogP contribution in [0.15, 0.2) is 18.2 Å². The van der Waals surface area contributed by atoms with Gasteiger partial charge in [0.25, 0.3) is 5.91 Å². The van der Waals surface area contributed by atoms with Gasteiger partial charge in [-0.3, -0.25) is 4.79 Å². The number of rotatable bonds is 7. The molecule has 1 N–H and O–H groups in total. The lowest BCUT2D eigenvalue weighted by Crippen LogP contribution is -2.47. The van der Waals surface area contributed by atoms with Gasteiger partial charge < -0.3 is 14.8 Å². The summed E-state index contributed by atoms with van der Waals surface area (Å²) in [6.07, 6.45) is -0.347. The number of carbonyl (C=O) groups is 2. The van der Waals surface area contributed by atoms with E-state index in [0.717, 1.165) is 0 Å². The summed E-state index contributed by atoms with van der Waals surface area (Å²) in [4.78, 5) is 24.0. The highest BCUT2D eigenvalue weighted by Crippen LogP contribution is 2.28. The molecule has 2 atom stereocenters. The van der Waals surface area contributed by atoms with Crippen LogP contribution in [0.4, 0.5) is 0 Å². The molecule has 0 spiro atoms. The molecule has 0 fully saturated rings. The fraction of sp³-hybridized carbons (Fsp3) is 0.500. The third-order valence-electron chi connectivity index (χ3n) is 3.08. The van der Waals surface area contributed by atoms with Crippen molar-refractivity contribution in [2.45, 2.75) is 39.3 Å². The molecule has 0 bridgehead atoms. The summed E-state index contributed by atoms with van der Waals surface area (Å²) in [7, 11) is 1.29. The Bertz CT molecular complexity index is 563. The van der Waals surface area contributed by atoms with Crippen LogP contribution in [0.2, 0.25) is 10.0 Å². The van der Waals surface area contributed by atoms with Crippen molar-refractivity contribution in [3.8, 4) is 5.75 Å². The third kappa shape index (κ3) is 6.28. The first-order valence-corrected chi connectivity index (χ1v) is 8.00. The van der Waals surface area contributed by atoms with Crippen molar-refractivity contribution in [3.05, 3.63) is 28.2 Å². The highest BCUT2D eigenvalue weighted by molar-refractivity contribution is 6.35. The van der Waals surface area contributed by atoms with Gasteiger partial charge in [0.15, 0.2) is 6.10 Å². The Morgan fingerprint density at radius 3 is 2.39 bits per heavy atom. The number of halogens is 2. The zero-order chi connectivity index (χ0) is 17.6. The van der Waals surface area contributed by atoms with E-state index in [1.165, 1.54) is 13.2 Å². The van der Waals surface area contributed by atoms with Gasteiger partial charge in [0.1, 0.15) is 11.8 Å². The Kier molecular flexibility index (Phi) is 7.65. The van der Waals surface area contributed by atoms with Crippen molar-refractivity contribution in [1.82, 2.24) is 5.32 Å². The van der Waals surface area contributed by atoms with Crippen LogP contribution in [-0.4, -0.2) is 31.1 Å². The Balaban J connectivity index is 2.72. The molecule has 0 saturated carbocycles. The van der Waals surface area contributed by atoms with Crippen LogP contribution in [0.5, 0.6) is 5.75 Å². The standard InChI is InChI=1S/C16H21Cl2NO4/c1-9(2)7-13(16(21)22-4)19-15(20)10(3)23-14-6-5-11(17)8-12(14)18/h5-6,8-10,13H,7H2,1-4H3,(H,19,20)/t10-,13-/m0/s1. The van der Waals surface area contributed by atoms with E-state index in [2.05, 4.69) is 5.32 Å². The van der Waals surface area contributed by atoms with Crippen LogP contribution < -0.4 is 10.1 Å². The average molecular weight is 362 g/mol. The monoisotopic (exact) mass is 361 g/mol. The van der Waals surface area contributed by atoms with E-state index < -0.39 is 24.0 Å². The molecule has 0 saturated heterocycles. The van der Waals surface area contributed by atoms with Crippen molar-refractivity contribution in [1.29, 1.82) is 0 Å². The predicted molar refractivity (Wildman–Crippen MR) is 90.0 cm³/mol. The largest absolute Gasteiger partial charge is 0.479 e. The Morgan fingerprint density at radius 1 is 1.22 bits per heavy atom. The molecule has 23 heavy (non-hydrogen) atoms. The summed E-state index contributed by atoms with van der Waals surface area (Å²) in [6, 6.07) is 4.02. The van der Waals surface area contributed by atoms with Crippen LogP contribution >= 0.6 is 23.2 Å². The number of methoxy groups -OCH3 is 1. The van der Waals surface area contributed by atoms with E-state index in [-0.39, 0.29) is 5.92 Å². The lowest BCUT2D eigenvalue weighted by Gasteiger charge is -2.21. The van der Waals surface area contributed by atoms with E-state index in [0.29, 0.717) is 22.2 Å². The maximum absolute atomic E-state index is 12.2. The Labute approximate surface area is 146 Å². The van der Waals surface area contributed by atoms with E-state index in [9.17, 15) is 9.59 Å². The number of esters is 1. The minimum Gasteiger partial charge on any atom is -0.479 e. The second-order valence-corrected chi connectivity index (χ2v) is 6.39. The van der Waals surface area contributed by atoms with Gasteiger partial charge in [-0.05, 0) is 37.5 Å². The van der Waals surface area contributed by atoms with E-state index >= 15 is 0 Å². The normalized spacial score (nSPS) is 13.3. The number of ether oxygens (including phenoxy) is 2. The molecule has 0 aliphatic rings. The first-order chi connectivity index (χ1) is 10.7. The summed E-state index contributed by atoms with van der Waals surface area (Å²) in [5.41, 5.74) is 0. The molecular weight excluding hydrogens is 341 g/mol. The molecule has 1 aromatic rings. The van der Waals surface area contributed by atoms with Gasteiger partial charge in [0.05, 0.1) is 12.1 Å². The van der Waals surface area contributed by atoms with E-state index in [1.54, 1.807) is 19.1 Å². The third-order valence-corrected chi connectivity index (χ3v) is 3.61. The van der Waals surface area contributed by atoms with Crippen LogP contribution in [-0.2, 0) is 14.3 Å². The number of hydrogen-bond donors (Lipinski definition) is 1. The van der Waals surface area contributed by atoms with Crippen molar-refractivity contribution in [2.75, 3.05) is 7.11 Å². The lowest BCUT2D eigenvalue weighted by molar-refractivity contribution is -0.146. The molecule has 128 valence electrons.